The van der Waals surface area contributed by atoms with E-state index in [1.807, 2.05) is 24.3 Å². The van der Waals surface area contributed by atoms with Crippen molar-refractivity contribution in [1.82, 2.24) is 5.43 Å². The Morgan fingerprint density at radius 2 is 1.67 bits per heavy atom. The molecule has 3 rings (SSSR count). The number of carbonyl (C=O) groups excluding carboxylic acids is 1. The zero-order chi connectivity index (χ0) is 19.1. The highest BCUT2D eigenvalue weighted by atomic mass is 16.2. The molecular formula is C23H35N3O. The largest absolute Gasteiger partial charge is 0.372 e. The zero-order valence-corrected chi connectivity index (χ0v) is 17.0. The Kier molecular flexibility index (Phi) is 7.31. The van der Waals surface area contributed by atoms with Crippen LogP contribution in [0.15, 0.2) is 29.4 Å². The fourth-order valence-corrected chi connectivity index (χ4v) is 4.81. The molecule has 0 saturated heterocycles. The Bertz CT molecular complexity index is 628. The van der Waals surface area contributed by atoms with Crippen molar-refractivity contribution >= 4 is 17.3 Å². The molecule has 2 saturated carbocycles. The molecule has 0 radical (unpaired) electrons. The van der Waals surface area contributed by atoms with E-state index in [2.05, 4.69) is 29.3 Å². The van der Waals surface area contributed by atoms with Crippen molar-refractivity contribution < 1.29 is 4.79 Å². The topological polar surface area (TPSA) is 44.7 Å². The van der Waals surface area contributed by atoms with Gasteiger partial charge in [-0.15, -0.1) is 0 Å². The standard InChI is InChI=1S/C23H35N3O/c1-3-26(4-2)20-16-14-19(15-17-20)23(27)25-24-22-13-9-8-12-21(22)18-10-6-5-7-11-18/h14-18,21H,3-13H2,1-2H3,(H,25,27)/b24-22-. The first-order chi connectivity index (χ1) is 13.2. The molecule has 1 N–H and O–H groups in total. The van der Waals surface area contributed by atoms with E-state index in [0.717, 1.165) is 31.1 Å². The molecule has 0 aromatic heterocycles. The first-order valence-corrected chi connectivity index (χ1v) is 10.9. The van der Waals surface area contributed by atoms with Crippen molar-refractivity contribution in [2.24, 2.45) is 16.9 Å². The fraction of sp³-hybridized carbons (Fsp3) is 0.652. The van der Waals surface area contributed by atoms with Gasteiger partial charge < -0.3 is 4.90 Å². The summed E-state index contributed by atoms with van der Waals surface area (Å²) in [5.74, 6) is 1.27. The molecule has 27 heavy (non-hydrogen) atoms. The highest BCUT2D eigenvalue weighted by Gasteiger charge is 2.29. The SMILES string of the molecule is CCN(CC)c1ccc(C(=O)N/N=C2/CCCCC2C2CCCCC2)cc1. The Morgan fingerprint density at radius 3 is 2.33 bits per heavy atom. The zero-order valence-electron chi connectivity index (χ0n) is 17.0. The molecule has 1 unspecified atom stereocenters. The van der Waals surface area contributed by atoms with Crippen LogP contribution in [-0.2, 0) is 0 Å². The second kappa shape index (κ2) is 9.91. The summed E-state index contributed by atoms with van der Waals surface area (Å²) in [6.07, 6.45) is 11.6. The number of rotatable bonds is 6. The summed E-state index contributed by atoms with van der Waals surface area (Å²) in [7, 11) is 0. The van der Waals surface area contributed by atoms with E-state index in [9.17, 15) is 4.79 Å². The number of nitrogens with zero attached hydrogens (tertiary/aromatic N) is 2. The third kappa shape index (κ3) is 5.12. The molecule has 4 heteroatoms. The van der Waals surface area contributed by atoms with Gasteiger partial charge in [0, 0.05) is 36.0 Å². The van der Waals surface area contributed by atoms with Crippen LogP contribution in [0.1, 0.15) is 82.0 Å². The molecule has 1 aromatic rings. The van der Waals surface area contributed by atoms with E-state index in [1.54, 1.807) is 0 Å². The molecule has 0 heterocycles. The molecule has 4 nitrogen and oxygen atoms in total. The number of hydrazone groups is 1. The predicted molar refractivity (Wildman–Crippen MR) is 113 cm³/mol. The highest BCUT2D eigenvalue weighted by molar-refractivity contribution is 5.96. The van der Waals surface area contributed by atoms with E-state index in [-0.39, 0.29) is 5.91 Å². The van der Waals surface area contributed by atoms with E-state index in [0.29, 0.717) is 11.5 Å². The third-order valence-corrected chi connectivity index (χ3v) is 6.40. The van der Waals surface area contributed by atoms with Gasteiger partial charge in [0.15, 0.2) is 0 Å². The van der Waals surface area contributed by atoms with Gasteiger partial charge in [-0.25, -0.2) is 5.43 Å². The van der Waals surface area contributed by atoms with E-state index >= 15 is 0 Å². The first-order valence-electron chi connectivity index (χ1n) is 10.9. The van der Waals surface area contributed by atoms with Gasteiger partial charge in [-0.05, 0) is 76.1 Å². The summed E-state index contributed by atoms with van der Waals surface area (Å²) < 4.78 is 0. The second-order valence-corrected chi connectivity index (χ2v) is 8.01. The summed E-state index contributed by atoms with van der Waals surface area (Å²) >= 11 is 0. The number of hydrogen-bond donors (Lipinski definition) is 1. The summed E-state index contributed by atoms with van der Waals surface area (Å²) in [5.41, 5.74) is 5.93. The Hall–Kier alpha value is -1.84. The molecule has 1 atom stereocenters. The summed E-state index contributed by atoms with van der Waals surface area (Å²) in [5, 5.41) is 4.61. The summed E-state index contributed by atoms with van der Waals surface area (Å²) in [4.78, 5) is 14.8. The maximum absolute atomic E-state index is 12.6. The van der Waals surface area contributed by atoms with E-state index < -0.39 is 0 Å². The van der Waals surface area contributed by atoms with Gasteiger partial charge in [0.25, 0.3) is 5.91 Å². The first kappa shape index (κ1) is 19.9. The number of amides is 1. The molecule has 2 aliphatic rings. The van der Waals surface area contributed by atoms with Gasteiger partial charge >= 0.3 is 0 Å². The average molecular weight is 370 g/mol. The van der Waals surface area contributed by atoms with Gasteiger partial charge in [-0.1, -0.05) is 25.7 Å². The van der Waals surface area contributed by atoms with Crippen molar-refractivity contribution in [1.29, 1.82) is 0 Å². The van der Waals surface area contributed by atoms with Gasteiger partial charge in [-0.2, -0.15) is 5.10 Å². The minimum Gasteiger partial charge on any atom is -0.372 e. The van der Waals surface area contributed by atoms with E-state index in [1.165, 1.54) is 57.1 Å². The Balaban J connectivity index is 1.63. The number of anilines is 1. The molecule has 0 aliphatic heterocycles. The van der Waals surface area contributed by atoms with Crippen LogP contribution < -0.4 is 10.3 Å². The smallest absolute Gasteiger partial charge is 0.271 e. The average Bonchev–Trinajstić information content (AvgIpc) is 2.74. The van der Waals surface area contributed by atoms with Gasteiger partial charge in [-0.3, -0.25) is 4.79 Å². The van der Waals surface area contributed by atoms with Crippen LogP contribution in [0.5, 0.6) is 0 Å². The lowest BCUT2D eigenvalue weighted by Gasteiger charge is -2.33. The normalized spacial score (nSPS) is 22.6. The lowest BCUT2D eigenvalue weighted by molar-refractivity contribution is 0.0954. The van der Waals surface area contributed by atoms with Crippen molar-refractivity contribution in [3.63, 3.8) is 0 Å². The maximum atomic E-state index is 12.6. The van der Waals surface area contributed by atoms with Crippen LogP contribution >= 0.6 is 0 Å². The Morgan fingerprint density at radius 1 is 1.00 bits per heavy atom. The number of nitrogens with one attached hydrogen (secondary N) is 1. The van der Waals surface area contributed by atoms with Crippen molar-refractivity contribution in [3.05, 3.63) is 29.8 Å². The molecule has 148 valence electrons. The molecule has 2 fully saturated rings. The van der Waals surface area contributed by atoms with Gasteiger partial charge in [0.1, 0.15) is 0 Å². The second-order valence-electron chi connectivity index (χ2n) is 8.01. The summed E-state index contributed by atoms with van der Waals surface area (Å²) in [6, 6.07) is 7.87. The minimum atomic E-state index is -0.0958. The lowest BCUT2D eigenvalue weighted by Crippen LogP contribution is -2.31. The maximum Gasteiger partial charge on any atom is 0.271 e. The molecular weight excluding hydrogens is 334 g/mol. The van der Waals surface area contributed by atoms with Crippen LogP contribution in [0, 0.1) is 11.8 Å². The van der Waals surface area contributed by atoms with Crippen LogP contribution in [0.4, 0.5) is 5.69 Å². The lowest BCUT2D eigenvalue weighted by atomic mass is 9.72. The number of hydrogen-bond acceptors (Lipinski definition) is 3. The molecule has 0 bridgehead atoms. The van der Waals surface area contributed by atoms with Crippen molar-refractivity contribution in [2.45, 2.75) is 71.6 Å². The minimum absolute atomic E-state index is 0.0958. The highest BCUT2D eigenvalue weighted by Crippen LogP contribution is 2.36. The van der Waals surface area contributed by atoms with Crippen LogP contribution in [0.2, 0.25) is 0 Å². The Labute approximate surface area is 164 Å². The summed E-state index contributed by atoms with van der Waals surface area (Å²) in [6.45, 7) is 6.23. The van der Waals surface area contributed by atoms with Crippen molar-refractivity contribution in [2.75, 3.05) is 18.0 Å². The van der Waals surface area contributed by atoms with Crippen molar-refractivity contribution in [3.8, 4) is 0 Å². The van der Waals surface area contributed by atoms with Gasteiger partial charge in [0.05, 0.1) is 0 Å². The van der Waals surface area contributed by atoms with Crippen LogP contribution in [-0.4, -0.2) is 24.7 Å². The van der Waals surface area contributed by atoms with E-state index in [4.69, 9.17) is 0 Å². The number of benzene rings is 1. The molecule has 2 aliphatic carbocycles. The van der Waals surface area contributed by atoms with Gasteiger partial charge in [0.2, 0.25) is 0 Å². The number of carbonyl (C=O) groups is 1. The molecule has 0 spiro atoms. The quantitative estimate of drug-likeness (QED) is 0.683. The third-order valence-electron chi connectivity index (χ3n) is 6.40. The monoisotopic (exact) mass is 369 g/mol. The van der Waals surface area contributed by atoms with Crippen LogP contribution in [0.25, 0.3) is 0 Å². The molecule has 1 amide bonds. The predicted octanol–water partition coefficient (Wildman–Crippen LogP) is 5.39. The van der Waals surface area contributed by atoms with Crippen LogP contribution in [0.3, 0.4) is 0 Å². The fourth-order valence-electron chi connectivity index (χ4n) is 4.81. The molecule has 1 aromatic carbocycles.